The van der Waals surface area contributed by atoms with Crippen molar-refractivity contribution in [2.45, 2.75) is 12.5 Å². The van der Waals surface area contributed by atoms with Crippen LogP contribution >= 0.6 is 0 Å². The first kappa shape index (κ1) is 9.08. The highest BCUT2D eigenvalue weighted by Gasteiger charge is 2.20. The van der Waals surface area contributed by atoms with Crippen molar-refractivity contribution in [3.63, 3.8) is 0 Å². The van der Waals surface area contributed by atoms with Gasteiger partial charge in [-0.05, 0) is 12.1 Å². The summed E-state index contributed by atoms with van der Waals surface area (Å²) >= 11 is 0. The first-order chi connectivity index (χ1) is 6.70. The Balaban J connectivity index is 2.53. The second-order valence-corrected chi connectivity index (χ2v) is 2.99. The minimum Gasteiger partial charge on any atom is -0.319 e. The molecule has 0 aliphatic heterocycles. The number of nitrogens with two attached hydrogens (primary N) is 1. The molecule has 0 saturated heterocycles. The van der Waals surface area contributed by atoms with Crippen molar-refractivity contribution >= 4 is 5.52 Å². The summed E-state index contributed by atoms with van der Waals surface area (Å²) in [6.45, 7) is 0. The van der Waals surface area contributed by atoms with Crippen molar-refractivity contribution in [3.8, 4) is 0 Å². The SMILES string of the molecule is NC(c1cnn2ccccc12)C(F)F. The quantitative estimate of drug-likeness (QED) is 0.794. The van der Waals surface area contributed by atoms with Crippen LogP contribution in [0.4, 0.5) is 8.78 Å². The van der Waals surface area contributed by atoms with E-state index in [4.69, 9.17) is 5.73 Å². The average molecular weight is 197 g/mol. The fourth-order valence-corrected chi connectivity index (χ4v) is 1.35. The van der Waals surface area contributed by atoms with Crippen molar-refractivity contribution < 1.29 is 8.78 Å². The molecule has 14 heavy (non-hydrogen) atoms. The number of alkyl halides is 2. The number of rotatable bonds is 2. The van der Waals surface area contributed by atoms with Gasteiger partial charge in [0.2, 0.25) is 0 Å². The van der Waals surface area contributed by atoms with Gasteiger partial charge in [0.15, 0.2) is 0 Å². The predicted octanol–water partition coefficient (Wildman–Crippen LogP) is 1.60. The minimum atomic E-state index is -2.57. The Kier molecular flexibility index (Phi) is 2.17. The van der Waals surface area contributed by atoms with E-state index in [1.165, 1.54) is 10.7 Å². The van der Waals surface area contributed by atoms with E-state index in [2.05, 4.69) is 5.10 Å². The zero-order chi connectivity index (χ0) is 10.1. The number of halogens is 2. The van der Waals surface area contributed by atoms with Gasteiger partial charge < -0.3 is 5.73 Å². The first-order valence-corrected chi connectivity index (χ1v) is 4.16. The summed E-state index contributed by atoms with van der Waals surface area (Å²) in [5.74, 6) is 0. The van der Waals surface area contributed by atoms with Gasteiger partial charge in [0.1, 0.15) is 0 Å². The number of hydrogen-bond acceptors (Lipinski definition) is 2. The van der Waals surface area contributed by atoms with Crippen LogP contribution in [0, 0.1) is 0 Å². The Morgan fingerprint density at radius 2 is 2.14 bits per heavy atom. The highest BCUT2D eigenvalue weighted by atomic mass is 19.3. The first-order valence-electron chi connectivity index (χ1n) is 4.16. The Hall–Kier alpha value is -1.49. The maximum atomic E-state index is 12.4. The van der Waals surface area contributed by atoms with Crippen LogP contribution in [0.3, 0.4) is 0 Å². The van der Waals surface area contributed by atoms with Crippen LogP contribution in [-0.4, -0.2) is 16.0 Å². The Morgan fingerprint density at radius 1 is 1.36 bits per heavy atom. The fourth-order valence-electron chi connectivity index (χ4n) is 1.35. The molecule has 0 radical (unpaired) electrons. The zero-order valence-corrected chi connectivity index (χ0v) is 7.27. The molecule has 2 aromatic heterocycles. The summed E-state index contributed by atoms with van der Waals surface area (Å²) in [5, 5.41) is 3.93. The van der Waals surface area contributed by atoms with Crippen molar-refractivity contribution in [2.24, 2.45) is 5.73 Å². The van der Waals surface area contributed by atoms with Gasteiger partial charge in [-0.15, -0.1) is 0 Å². The van der Waals surface area contributed by atoms with Crippen LogP contribution in [0.1, 0.15) is 11.6 Å². The number of pyridine rings is 1. The number of nitrogens with zero attached hydrogens (tertiary/aromatic N) is 2. The largest absolute Gasteiger partial charge is 0.319 e. The number of fused-ring (bicyclic) bond motifs is 1. The lowest BCUT2D eigenvalue weighted by atomic mass is 10.1. The molecule has 0 aliphatic rings. The van der Waals surface area contributed by atoms with Crippen molar-refractivity contribution in [1.82, 2.24) is 9.61 Å². The number of hydrogen-bond donors (Lipinski definition) is 1. The fraction of sp³-hybridized carbons (Fsp3) is 0.222. The van der Waals surface area contributed by atoms with Gasteiger partial charge in [-0.3, -0.25) is 0 Å². The second kappa shape index (κ2) is 3.34. The normalized spacial score (nSPS) is 13.7. The third-order valence-corrected chi connectivity index (χ3v) is 2.09. The minimum absolute atomic E-state index is 0.376. The molecule has 74 valence electrons. The molecular weight excluding hydrogens is 188 g/mol. The summed E-state index contributed by atoms with van der Waals surface area (Å²) in [5.41, 5.74) is 6.35. The second-order valence-electron chi connectivity index (χ2n) is 2.99. The van der Waals surface area contributed by atoms with Crippen LogP contribution in [-0.2, 0) is 0 Å². The molecular formula is C9H9F2N3. The smallest absolute Gasteiger partial charge is 0.257 e. The lowest BCUT2D eigenvalue weighted by Crippen LogP contribution is -2.18. The molecule has 0 fully saturated rings. The van der Waals surface area contributed by atoms with Gasteiger partial charge in [-0.2, -0.15) is 5.10 Å². The molecule has 0 aliphatic carbocycles. The molecule has 0 saturated carbocycles. The van der Waals surface area contributed by atoms with Gasteiger partial charge in [0, 0.05) is 11.8 Å². The summed E-state index contributed by atoms with van der Waals surface area (Å²) in [6, 6.07) is 3.98. The summed E-state index contributed by atoms with van der Waals surface area (Å²) in [7, 11) is 0. The maximum Gasteiger partial charge on any atom is 0.257 e. The van der Waals surface area contributed by atoms with E-state index in [1.807, 2.05) is 0 Å². The molecule has 0 bridgehead atoms. The van der Waals surface area contributed by atoms with Gasteiger partial charge >= 0.3 is 0 Å². The van der Waals surface area contributed by atoms with Crippen LogP contribution in [0.2, 0.25) is 0 Å². The molecule has 2 N–H and O–H groups in total. The van der Waals surface area contributed by atoms with Crippen molar-refractivity contribution in [2.75, 3.05) is 0 Å². The third-order valence-electron chi connectivity index (χ3n) is 2.09. The maximum absolute atomic E-state index is 12.4. The Labute approximate surface area is 79.1 Å². The lowest BCUT2D eigenvalue weighted by molar-refractivity contribution is 0.117. The molecule has 2 aromatic rings. The van der Waals surface area contributed by atoms with Crippen LogP contribution in [0.5, 0.6) is 0 Å². The average Bonchev–Trinajstić information content (AvgIpc) is 2.60. The van der Waals surface area contributed by atoms with E-state index in [-0.39, 0.29) is 0 Å². The van der Waals surface area contributed by atoms with Gasteiger partial charge in [-0.25, -0.2) is 13.3 Å². The molecule has 1 atom stereocenters. The van der Waals surface area contributed by atoms with Crippen LogP contribution in [0.15, 0.2) is 30.6 Å². The number of aromatic nitrogens is 2. The third kappa shape index (κ3) is 1.35. The van der Waals surface area contributed by atoms with E-state index in [0.717, 1.165) is 0 Å². The summed E-state index contributed by atoms with van der Waals surface area (Å²) in [6.07, 6.45) is 0.506. The molecule has 5 heteroatoms. The highest BCUT2D eigenvalue weighted by molar-refractivity contribution is 5.54. The lowest BCUT2D eigenvalue weighted by Gasteiger charge is -2.07. The van der Waals surface area contributed by atoms with Gasteiger partial charge in [-0.1, -0.05) is 6.07 Å². The Morgan fingerprint density at radius 3 is 2.86 bits per heavy atom. The Bertz CT molecular complexity index is 438. The predicted molar refractivity (Wildman–Crippen MR) is 48.1 cm³/mol. The molecule has 2 rings (SSSR count). The van der Waals surface area contributed by atoms with Gasteiger partial charge in [0.25, 0.3) is 6.43 Å². The molecule has 3 nitrogen and oxygen atoms in total. The molecule has 1 unspecified atom stereocenters. The van der Waals surface area contributed by atoms with Crippen molar-refractivity contribution in [1.29, 1.82) is 0 Å². The highest BCUT2D eigenvalue weighted by Crippen LogP contribution is 2.21. The van der Waals surface area contributed by atoms with E-state index in [1.54, 1.807) is 24.4 Å². The molecule has 2 heterocycles. The zero-order valence-electron chi connectivity index (χ0n) is 7.27. The molecule has 0 aromatic carbocycles. The topological polar surface area (TPSA) is 43.3 Å². The summed E-state index contributed by atoms with van der Waals surface area (Å²) < 4.78 is 26.2. The van der Waals surface area contributed by atoms with Crippen LogP contribution in [0.25, 0.3) is 5.52 Å². The van der Waals surface area contributed by atoms with E-state index >= 15 is 0 Å². The monoisotopic (exact) mass is 197 g/mol. The van der Waals surface area contributed by atoms with Gasteiger partial charge in [0.05, 0.1) is 17.8 Å². The summed E-state index contributed by atoms with van der Waals surface area (Å²) in [4.78, 5) is 0. The van der Waals surface area contributed by atoms with Crippen molar-refractivity contribution in [3.05, 3.63) is 36.2 Å². The van der Waals surface area contributed by atoms with E-state index < -0.39 is 12.5 Å². The van der Waals surface area contributed by atoms with E-state index in [0.29, 0.717) is 11.1 Å². The molecule has 0 spiro atoms. The standard InChI is InChI=1S/C9H9F2N3/c10-9(11)8(12)6-5-13-14-4-2-1-3-7(6)14/h1-5,8-9H,12H2. The van der Waals surface area contributed by atoms with E-state index in [9.17, 15) is 8.78 Å². The molecule has 0 amide bonds. The van der Waals surface area contributed by atoms with Crippen LogP contribution < -0.4 is 5.73 Å².